The fraction of sp³-hybridized carbons (Fsp3) is 0.545. The molecule has 0 fully saturated rings. The summed E-state index contributed by atoms with van der Waals surface area (Å²) in [7, 11) is 0. The zero-order valence-electron chi connectivity index (χ0n) is 10.2. The molecule has 6 heteroatoms. The largest absolute Gasteiger partial charge is 0.348 e. The number of nitrogens with zero attached hydrogens (tertiary/aromatic N) is 3. The van der Waals surface area contributed by atoms with Crippen LogP contribution in [0.15, 0.2) is 16.7 Å². The summed E-state index contributed by atoms with van der Waals surface area (Å²) in [6.07, 6.45) is 2.51. The van der Waals surface area contributed by atoms with Crippen LogP contribution in [0.3, 0.4) is 0 Å². The minimum atomic E-state index is -0.391. The van der Waals surface area contributed by atoms with Gasteiger partial charge in [-0.15, -0.1) is 0 Å². The zero-order valence-corrected chi connectivity index (χ0v) is 11.8. The van der Waals surface area contributed by atoms with E-state index in [2.05, 4.69) is 20.9 Å². The van der Waals surface area contributed by atoms with E-state index in [0.29, 0.717) is 10.3 Å². The third-order valence-electron chi connectivity index (χ3n) is 2.37. The number of rotatable bonds is 5. The van der Waals surface area contributed by atoms with Crippen LogP contribution >= 0.6 is 15.9 Å². The molecule has 0 aliphatic rings. The van der Waals surface area contributed by atoms with Crippen molar-refractivity contribution >= 4 is 27.4 Å². The van der Waals surface area contributed by atoms with Crippen LogP contribution in [-0.2, 0) is 0 Å². The Bertz CT molecular complexity index is 410. The van der Waals surface area contributed by atoms with E-state index in [4.69, 9.17) is 0 Å². The SMILES string of the molecule is CCCN(c1ncc(Br)cc1[N+](=O)[O-])C(C)C. The molecule has 1 heterocycles. The van der Waals surface area contributed by atoms with Crippen LogP contribution in [0.1, 0.15) is 27.2 Å². The second-order valence-electron chi connectivity index (χ2n) is 4.04. The van der Waals surface area contributed by atoms with Gasteiger partial charge in [0.1, 0.15) is 0 Å². The molecule has 94 valence electrons. The van der Waals surface area contributed by atoms with Crippen molar-refractivity contribution < 1.29 is 4.92 Å². The Morgan fingerprint density at radius 1 is 1.59 bits per heavy atom. The fourth-order valence-corrected chi connectivity index (χ4v) is 1.95. The van der Waals surface area contributed by atoms with Crippen LogP contribution in [0.25, 0.3) is 0 Å². The molecule has 0 atom stereocenters. The maximum atomic E-state index is 11.0. The average molecular weight is 302 g/mol. The second kappa shape index (κ2) is 5.95. The highest BCUT2D eigenvalue weighted by atomic mass is 79.9. The molecule has 0 saturated carbocycles. The van der Waals surface area contributed by atoms with Crippen LogP contribution in [0.5, 0.6) is 0 Å². The molecule has 0 radical (unpaired) electrons. The van der Waals surface area contributed by atoms with Gasteiger partial charge in [-0.2, -0.15) is 0 Å². The van der Waals surface area contributed by atoms with Crippen molar-refractivity contribution in [1.82, 2.24) is 4.98 Å². The molecule has 0 aliphatic heterocycles. The molecule has 1 aromatic heterocycles. The molecule has 17 heavy (non-hydrogen) atoms. The molecule has 1 aromatic rings. The lowest BCUT2D eigenvalue weighted by molar-refractivity contribution is -0.384. The van der Waals surface area contributed by atoms with Gasteiger partial charge in [-0.25, -0.2) is 4.98 Å². The molecule has 5 nitrogen and oxygen atoms in total. The van der Waals surface area contributed by atoms with E-state index in [1.54, 1.807) is 6.20 Å². The van der Waals surface area contributed by atoms with Gasteiger partial charge in [-0.05, 0) is 36.2 Å². The third kappa shape index (κ3) is 3.39. The highest BCUT2D eigenvalue weighted by Crippen LogP contribution is 2.29. The Hall–Kier alpha value is -1.17. The van der Waals surface area contributed by atoms with E-state index in [9.17, 15) is 10.1 Å². The summed E-state index contributed by atoms with van der Waals surface area (Å²) in [6.45, 7) is 6.80. The third-order valence-corrected chi connectivity index (χ3v) is 2.80. The molecular weight excluding hydrogens is 286 g/mol. The minimum Gasteiger partial charge on any atom is -0.348 e. The van der Waals surface area contributed by atoms with Crippen molar-refractivity contribution in [3.8, 4) is 0 Å². The molecule has 0 aliphatic carbocycles. The number of anilines is 1. The zero-order chi connectivity index (χ0) is 13.0. The predicted molar refractivity (Wildman–Crippen MR) is 71.4 cm³/mol. The normalized spacial score (nSPS) is 10.6. The smallest absolute Gasteiger partial charge is 0.312 e. The van der Waals surface area contributed by atoms with Crippen LogP contribution in [0.4, 0.5) is 11.5 Å². The average Bonchev–Trinajstić information content (AvgIpc) is 2.26. The van der Waals surface area contributed by atoms with Gasteiger partial charge in [0, 0.05) is 29.3 Å². The molecular formula is C11H16BrN3O2. The van der Waals surface area contributed by atoms with Crippen molar-refractivity contribution in [2.45, 2.75) is 33.2 Å². The lowest BCUT2D eigenvalue weighted by Crippen LogP contribution is -2.32. The fourth-order valence-electron chi connectivity index (χ4n) is 1.63. The number of hydrogen-bond donors (Lipinski definition) is 0. The number of hydrogen-bond acceptors (Lipinski definition) is 4. The van der Waals surface area contributed by atoms with Crippen molar-refractivity contribution in [1.29, 1.82) is 0 Å². The summed E-state index contributed by atoms with van der Waals surface area (Å²) in [4.78, 5) is 16.8. The van der Waals surface area contributed by atoms with Gasteiger partial charge < -0.3 is 4.90 Å². The van der Waals surface area contributed by atoms with E-state index in [0.717, 1.165) is 13.0 Å². The Morgan fingerprint density at radius 2 is 2.24 bits per heavy atom. The first-order valence-corrected chi connectivity index (χ1v) is 6.33. The van der Waals surface area contributed by atoms with Gasteiger partial charge in [0.05, 0.1) is 4.92 Å². The van der Waals surface area contributed by atoms with E-state index in [1.807, 2.05) is 25.7 Å². The maximum absolute atomic E-state index is 11.0. The highest BCUT2D eigenvalue weighted by Gasteiger charge is 2.22. The van der Waals surface area contributed by atoms with Gasteiger partial charge in [-0.3, -0.25) is 10.1 Å². The second-order valence-corrected chi connectivity index (χ2v) is 4.96. The summed E-state index contributed by atoms with van der Waals surface area (Å²) >= 11 is 3.20. The first kappa shape index (κ1) is 13.9. The summed E-state index contributed by atoms with van der Waals surface area (Å²) in [6, 6.07) is 1.68. The molecule has 0 bridgehead atoms. The van der Waals surface area contributed by atoms with Crippen molar-refractivity contribution in [2.75, 3.05) is 11.4 Å². The van der Waals surface area contributed by atoms with Gasteiger partial charge in [0.2, 0.25) is 5.82 Å². The van der Waals surface area contributed by atoms with Crippen LogP contribution in [0, 0.1) is 10.1 Å². The number of pyridine rings is 1. The first-order valence-electron chi connectivity index (χ1n) is 5.54. The van der Waals surface area contributed by atoms with Gasteiger partial charge >= 0.3 is 5.69 Å². The monoisotopic (exact) mass is 301 g/mol. The van der Waals surface area contributed by atoms with Gasteiger partial charge in [0.15, 0.2) is 0 Å². The molecule has 1 rings (SSSR count). The van der Waals surface area contributed by atoms with Gasteiger partial charge in [0.25, 0.3) is 0 Å². The minimum absolute atomic E-state index is 0.0431. The molecule has 0 aromatic carbocycles. The molecule has 0 amide bonds. The lowest BCUT2D eigenvalue weighted by atomic mass is 10.2. The summed E-state index contributed by atoms with van der Waals surface area (Å²) in [5, 5.41) is 11.0. The van der Waals surface area contributed by atoms with E-state index < -0.39 is 4.92 Å². The summed E-state index contributed by atoms with van der Waals surface area (Å²) in [5.41, 5.74) is 0.0431. The number of nitro groups is 1. The molecule has 0 saturated heterocycles. The summed E-state index contributed by atoms with van der Waals surface area (Å²) < 4.78 is 0.619. The first-order chi connectivity index (χ1) is 7.97. The quantitative estimate of drug-likeness (QED) is 0.618. The van der Waals surface area contributed by atoms with E-state index in [-0.39, 0.29) is 11.7 Å². The molecule has 0 N–H and O–H groups in total. The van der Waals surface area contributed by atoms with Crippen molar-refractivity contribution in [2.24, 2.45) is 0 Å². The number of aromatic nitrogens is 1. The van der Waals surface area contributed by atoms with Crippen LogP contribution in [0.2, 0.25) is 0 Å². The maximum Gasteiger partial charge on any atom is 0.312 e. The lowest BCUT2D eigenvalue weighted by Gasteiger charge is -2.26. The standard InChI is InChI=1S/C11H16BrN3O2/c1-4-5-14(8(2)3)11-10(15(16)17)6-9(12)7-13-11/h6-8H,4-5H2,1-3H3. The van der Waals surface area contributed by atoms with Crippen molar-refractivity contribution in [3.63, 3.8) is 0 Å². The summed E-state index contributed by atoms with van der Waals surface area (Å²) in [5.74, 6) is 0.440. The molecule has 0 unspecified atom stereocenters. The topological polar surface area (TPSA) is 59.3 Å². The van der Waals surface area contributed by atoms with Gasteiger partial charge in [-0.1, -0.05) is 6.92 Å². The Kier molecular flexibility index (Phi) is 4.86. The number of halogens is 1. The van der Waals surface area contributed by atoms with E-state index >= 15 is 0 Å². The Morgan fingerprint density at radius 3 is 2.71 bits per heavy atom. The van der Waals surface area contributed by atoms with Crippen LogP contribution < -0.4 is 4.90 Å². The van der Waals surface area contributed by atoms with Crippen LogP contribution in [-0.4, -0.2) is 22.5 Å². The highest BCUT2D eigenvalue weighted by molar-refractivity contribution is 9.10. The predicted octanol–water partition coefficient (Wildman–Crippen LogP) is 3.38. The van der Waals surface area contributed by atoms with E-state index in [1.165, 1.54) is 6.07 Å². The Balaban J connectivity index is 3.22. The Labute approximate surface area is 109 Å². The molecule has 0 spiro atoms. The van der Waals surface area contributed by atoms with Crippen molar-refractivity contribution in [3.05, 3.63) is 26.9 Å².